The molecule has 0 bridgehead atoms. The van der Waals surface area contributed by atoms with E-state index in [0.29, 0.717) is 5.92 Å². The van der Waals surface area contributed by atoms with Crippen molar-refractivity contribution in [3.05, 3.63) is 16.1 Å². The summed E-state index contributed by atoms with van der Waals surface area (Å²) in [6, 6.07) is 0. The second-order valence-corrected chi connectivity index (χ2v) is 5.25. The van der Waals surface area contributed by atoms with Crippen molar-refractivity contribution in [3.63, 3.8) is 0 Å². The van der Waals surface area contributed by atoms with E-state index in [0.717, 1.165) is 6.54 Å². The number of nitrogens with one attached hydrogen (secondary N) is 1. The molecule has 0 aliphatic carbocycles. The van der Waals surface area contributed by atoms with Crippen molar-refractivity contribution in [2.24, 2.45) is 0 Å². The molecule has 0 radical (unpaired) electrons. The minimum absolute atomic E-state index is 0.00650. The van der Waals surface area contributed by atoms with Gasteiger partial charge in [-0.2, -0.15) is 0 Å². The van der Waals surface area contributed by atoms with Crippen LogP contribution >= 0.6 is 11.3 Å². The molecule has 0 unspecified atom stereocenters. The average molecular weight is 212 g/mol. The van der Waals surface area contributed by atoms with Crippen LogP contribution in [0.5, 0.6) is 0 Å². The van der Waals surface area contributed by atoms with Gasteiger partial charge in [0.1, 0.15) is 5.01 Å². The Kier molecular flexibility index (Phi) is 3.67. The third-order valence-electron chi connectivity index (χ3n) is 2.27. The van der Waals surface area contributed by atoms with E-state index in [-0.39, 0.29) is 5.54 Å². The smallest absolute Gasteiger partial charge is 0.112 e. The highest BCUT2D eigenvalue weighted by molar-refractivity contribution is 7.09. The van der Waals surface area contributed by atoms with Crippen LogP contribution in [0.2, 0.25) is 0 Å². The summed E-state index contributed by atoms with van der Waals surface area (Å²) in [5.41, 5.74) is 1.21. The van der Waals surface area contributed by atoms with Crippen LogP contribution in [0.4, 0.5) is 0 Å². The molecule has 0 atom stereocenters. The Morgan fingerprint density at radius 2 is 2.14 bits per heavy atom. The molecule has 0 aromatic carbocycles. The van der Waals surface area contributed by atoms with E-state index in [2.05, 4.69) is 50.3 Å². The topological polar surface area (TPSA) is 24.9 Å². The fraction of sp³-hybridized carbons (Fsp3) is 0.727. The highest BCUT2D eigenvalue weighted by atomic mass is 32.1. The zero-order valence-electron chi connectivity index (χ0n) is 9.72. The zero-order valence-corrected chi connectivity index (χ0v) is 10.5. The summed E-state index contributed by atoms with van der Waals surface area (Å²) in [5.74, 6) is 0.525. The van der Waals surface area contributed by atoms with Gasteiger partial charge in [0.2, 0.25) is 0 Å². The molecule has 0 spiro atoms. The average Bonchev–Trinajstić information content (AvgIpc) is 2.51. The molecule has 1 aromatic heterocycles. The highest BCUT2D eigenvalue weighted by Crippen LogP contribution is 2.26. The number of nitrogens with zero attached hydrogens (tertiary/aromatic N) is 1. The molecule has 2 nitrogen and oxygen atoms in total. The lowest BCUT2D eigenvalue weighted by Crippen LogP contribution is -2.36. The van der Waals surface area contributed by atoms with Crippen molar-refractivity contribution in [1.29, 1.82) is 0 Å². The largest absolute Gasteiger partial charge is 0.306 e. The molecule has 0 saturated carbocycles. The lowest BCUT2D eigenvalue weighted by Gasteiger charge is -2.22. The van der Waals surface area contributed by atoms with E-state index in [9.17, 15) is 0 Å². The molecule has 1 aromatic rings. The second kappa shape index (κ2) is 4.41. The fourth-order valence-corrected chi connectivity index (χ4v) is 2.44. The van der Waals surface area contributed by atoms with Crippen LogP contribution in [0.3, 0.4) is 0 Å². The Hall–Kier alpha value is -0.410. The molecule has 0 saturated heterocycles. The summed E-state index contributed by atoms with van der Waals surface area (Å²) in [6.07, 6.45) is 0. The normalized spacial score (nSPS) is 12.4. The second-order valence-electron chi connectivity index (χ2n) is 4.39. The molecule has 1 N–H and O–H groups in total. The van der Waals surface area contributed by atoms with Crippen molar-refractivity contribution in [3.8, 4) is 0 Å². The minimum Gasteiger partial charge on any atom is -0.306 e. The lowest BCUT2D eigenvalue weighted by atomic mass is 10.1. The molecule has 0 fully saturated rings. The van der Waals surface area contributed by atoms with Gasteiger partial charge in [-0.1, -0.05) is 20.8 Å². The number of rotatable bonds is 4. The maximum absolute atomic E-state index is 4.66. The molecule has 3 heteroatoms. The van der Waals surface area contributed by atoms with E-state index in [1.165, 1.54) is 10.7 Å². The first kappa shape index (κ1) is 11.7. The summed E-state index contributed by atoms with van der Waals surface area (Å²) in [7, 11) is 0. The van der Waals surface area contributed by atoms with Crippen LogP contribution in [0.25, 0.3) is 0 Å². The Balaban J connectivity index is 2.85. The SMILES string of the molecule is CCNC(C)(C)c1nc(C(C)C)cs1. The Labute approximate surface area is 90.8 Å². The Morgan fingerprint density at radius 3 is 2.57 bits per heavy atom. The maximum atomic E-state index is 4.66. The van der Waals surface area contributed by atoms with Crippen LogP contribution in [-0.4, -0.2) is 11.5 Å². The third-order valence-corrected chi connectivity index (χ3v) is 3.45. The lowest BCUT2D eigenvalue weighted by molar-refractivity contribution is 0.412. The van der Waals surface area contributed by atoms with Gasteiger partial charge in [-0.05, 0) is 26.3 Å². The first-order valence-electron chi connectivity index (χ1n) is 5.18. The van der Waals surface area contributed by atoms with Crippen LogP contribution < -0.4 is 5.32 Å². The van der Waals surface area contributed by atoms with Crippen molar-refractivity contribution in [2.45, 2.75) is 46.1 Å². The molecule has 1 rings (SSSR count). The summed E-state index contributed by atoms with van der Waals surface area (Å²) in [4.78, 5) is 4.66. The quantitative estimate of drug-likeness (QED) is 0.829. The monoisotopic (exact) mass is 212 g/mol. The van der Waals surface area contributed by atoms with E-state index < -0.39 is 0 Å². The van der Waals surface area contributed by atoms with E-state index in [1.54, 1.807) is 11.3 Å². The predicted molar refractivity (Wildman–Crippen MR) is 62.9 cm³/mol. The summed E-state index contributed by atoms with van der Waals surface area (Å²) in [5, 5.41) is 6.79. The maximum Gasteiger partial charge on any atom is 0.112 e. The van der Waals surface area contributed by atoms with Crippen molar-refractivity contribution in [2.75, 3.05) is 6.54 Å². The Bertz CT molecular complexity index is 289. The zero-order chi connectivity index (χ0) is 10.8. The molecule has 80 valence electrons. The number of thiazole rings is 1. The number of hydrogen-bond donors (Lipinski definition) is 1. The van der Waals surface area contributed by atoms with Gasteiger partial charge in [-0.3, -0.25) is 0 Å². The molecule has 1 heterocycles. The van der Waals surface area contributed by atoms with Gasteiger partial charge in [0, 0.05) is 5.38 Å². The number of hydrogen-bond acceptors (Lipinski definition) is 3. The molecular formula is C11H20N2S. The highest BCUT2D eigenvalue weighted by Gasteiger charge is 2.23. The van der Waals surface area contributed by atoms with Gasteiger partial charge in [-0.25, -0.2) is 4.98 Å². The van der Waals surface area contributed by atoms with Crippen LogP contribution in [0, 0.1) is 0 Å². The molecule has 14 heavy (non-hydrogen) atoms. The number of aromatic nitrogens is 1. The van der Waals surface area contributed by atoms with Crippen molar-refractivity contribution < 1.29 is 0 Å². The van der Waals surface area contributed by atoms with Crippen LogP contribution in [0.15, 0.2) is 5.38 Å². The predicted octanol–water partition coefficient (Wildman–Crippen LogP) is 3.11. The standard InChI is InChI=1S/C11H20N2S/c1-6-12-11(4,5)10-13-9(7-14-10)8(2)3/h7-8,12H,6H2,1-5H3. The van der Waals surface area contributed by atoms with E-state index >= 15 is 0 Å². The molecule has 0 aliphatic heterocycles. The van der Waals surface area contributed by atoms with Gasteiger partial charge in [-0.15, -0.1) is 11.3 Å². The summed E-state index contributed by atoms with van der Waals surface area (Å²) >= 11 is 1.75. The minimum atomic E-state index is 0.00650. The van der Waals surface area contributed by atoms with Gasteiger partial charge in [0.05, 0.1) is 11.2 Å². The fourth-order valence-electron chi connectivity index (χ4n) is 1.36. The van der Waals surface area contributed by atoms with Crippen molar-refractivity contribution in [1.82, 2.24) is 10.3 Å². The van der Waals surface area contributed by atoms with E-state index in [1.807, 2.05) is 0 Å². The van der Waals surface area contributed by atoms with Gasteiger partial charge < -0.3 is 5.32 Å². The van der Waals surface area contributed by atoms with Crippen LogP contribution in [-0.2, 0) is 5.54 Å². The molecule has 0 amide bonds. The van der Waals surface area contributed by atoms with E-state index in [4.69, 9.17) is 0 Å². The summed E-state index contributed by atoms with van der Waals surface area (Å²) < 4.78 is 0. The van der Waals surface area contributed by atoms with Crippen molar-refractivity contribution >= 4 is 11.3 Å². The summed E-state index contributed by atoms with van der Waals surface area (Å²) in [6.45, 7) is 11.8. The van der Waals surface area contributed by atoms with Crippen LogP contribution in [0.1, 0.15) is 51.2 Å². The first-order chi connectivity index (χ1) is 6.47. The Morgan fingerprint density at radius 1 is 1.50 bits per heavy atom. The van der Waals surface area contributed by atoms with Gasteiger partial charge in [0.25, 0.3) is 0 Å². The molecule has 0 aliphatic rings. The first-order valence-corrected chi connectivity index (χ1v) is 6.06. The van der Waals surface area contributed by atoms with Gasteiger partial charge >= 0.3 is 0 Å². The van der Waals surface area contributed by atoms with Gasteiger partial charge in [0.15, 0.2) is 0 Å². The molecular weight excluding hydrogens is 192 g/mol. The third kappa shape index (κ3) is 2.55.